The molecule has 1 aliphatic heterocycles. The number of ether oxygens (including phenoxy) is 3. The third-order valence-corrected chi connectivity index (χ3v) is 2.26. The van der Waals surface area contributed by atoms with E-state index in [1.54, 1.807) is 13.8 Å². The zero-order valence-corrected chi connectivity index (χ0v) is 9.30. The van der Waals surface area contributed by atoms with Gasteiger partial charge in [0.15, 0.2) is 6.29 Å². The molecule has 0 radical (unpaired) electrons. The van der Waals surface area contributed by atoms with Crippen LogP contribution in [0.4, 0.5) is 0 Å². The maximum atomic E-state index is 11.2. The Kier molecular flexibility index (Phi) is 4.50. The highest BCUT2D eigenvalue weighted by molar-refractivity contribution is 5.71. The van der Waals surface area contributed by atoms with Crippen molar-refractivity contribution in [1.29, 1.82) is 0 Å². The van der Waals surface area contributed by atoms with Gasteiger partial charge in [0.2, 0.25) is 0 Å². The normalized spacial score (nSPS) is 30.9. The van der Waals surface area contributed by atoms with Gasteiger partial charge < -0.3 is 19.3 Å². The van der Waals surface area contributed by atoms with E-state index in [9.17, 15) is 9.90 Å². The first-order chi connectivity index (χ1) is 7.04. The molecule has 0 bridgehead atoms. The van der Waals surface area contributed by atoms with E-state index in [0.717, 1.165) is 0 Å². The summed E-state index contributed by atoms with van der Waals surface area (Å²) >= 11 is 0. The van der Waals surface area contributed by atoms with Crippen molar-refractivity contribution in [3.63, 3.8) is 0 Å². The summed E-state index contributed by atoms with van der Waals surface area (Å²) in [6.07, 6.45) is -1.08. The van der Waals surface area contributed by atoms with E-state index in [1.807, 2.05) is 0 Å². The van der Waals surface area contributed by atoms with Crippen LogP contribution in [0.15, 0.2) is 0 Å². The van der Waals surface area contributed by atoms with Crippen molar-refractivity contribution in [1.82, 2.24) is 0 Å². The maximum absolute atomic E-state index is 11.2. The van der Waals surface area contributed by atoms with Gasteiger partial charge in [-0.05, 0) is 0 Å². The van der Waals surface area contributed by atoms with Gasteiger partial charge in [0.05, 0.1) is 12.0 Å². The fourth-order valence-corrected chi connectivity index (χ4v) is 1.38. The van der Waals surface area contributed by atoms with Crippen LogP contribution in [0.25, 0.3) is 0 Å². The van der Waals surface area contributed by atoms with E-state index in [1.165, 1.54) is 7.11 Å². The van der Waals surface area contributed by atoms with Crippen molar-refractivity contribution in [3.05, 3.63) is 0 Å². The molecule has 1 heterocycles. The molecule has 1 saturated heterocycles. The highest BCUT2D eigenvalue weighted by Gasteiger charge is 2.34. The molecule has 88 valence electrons. The van der Waals surface area contributed by atoms with E-state index < -0.39 is 12.4 Å². The first kappa shape index (κ1) is 12.4. The molecule has 0 unspecified atom stereocenters. The predicted molar refractivity (Wildman–Crippen MR) is 52.1 cm³/mol. The lowest BCUT2D eigenvalue weighted by molar-refractivity contribution is -0.166. The van der Waals surface area contributed by atoms with Gasteiger partial charge in [-0.25, -0.2) is 0 Å². The lowest BCUT2D eigenvalue weighted by atomic mass is 10.2. The van der Waals surface area contributed by atoms with Crippen molar-refractivity contribution in [2.24, 2.45) is 5.92 Å². The van der Waals surface area contributed by atoms with Crippen LogP contribution in [0.1, 0.15) is 20.3 Å². The van der Waals surface area contributed by atoms with Crippen LogP contribution in [-0.2, 0) is 19.0 Å². The van der Waals surface area contributed by atoms with Crippen molar-refractivity contribution < 1.29 is 24.1 Å². The summed E-state index contributed by atoms with van der Waals surface area (Å²) < 4.78 is 15.2. The molecular formula is C10H18O5. The zero-order chi connectivity index (χ0) is 11.4. The SMILES string of the molecule is CO[C@H]1O[C@H](COC(=O)C(C)C)C[C@H]1O. The fraction of sp³-hybridized carbons (Fsp3) is 0.900. The number of esters is 1. The molecule has 5 nitrogen and oxygen atoms in total. The number of methoxy groups -OCH3 is 1. The monoisotopic (exact) mass is 218 g/mol. The number of rotatable bonds is 4. The summed E-state index contributed by atoms with van der Waals surface area (Å²) in [7, 11) is 1.47. The van der Waals surface area contributed by atoms with Crippen molar-refractivity contribution in [3.8, 4) is 0 Å². The molecule has 3 atom stereocenters. The number of carbonyl (C=O) groups is 1. The molecule has 1 fully saturated rings. The van der Waals surface area contributed by atoms with Crippen LogP contribution in [0.5, 0.6) is 0 Å². The molecule has 0 aromatic carbocycles. The van der Waals surface area contributed by atoms with Gasteiger partial charge in [-0.3, -0.25) is 4.79 Å². The van der Waals surface area contributed by atoms with Gasteiger partial charge in [-0.2, -0.15) is 0 Å². The molecule has 0 aromatic heterocycles. The van der Waals surface area contributed by atoms with Crippen LogP contribution >= 0.6 is 0 Å². The third kappa shape index (κ3) is 3.44. The van der Waals surface area contributed by atoms with Crippen molar-refractivity contribution in [2.75, 3.05) is 13.7 Å². The number of aliphatic hydroxyl groups excluding tert-OH is 1. The third-order valence-electron chi connectivity index (χ3n) is 2.26. The molecule has 0 spiro atoms. The minimum Gasteiger partial charge on any atom is -0.463 e. The minimum atomic E-state index is -0.641. The lowest BCUT2D eigenvalue weighted by Crippen LogP contribution is -2.23. The average Bonchev–Trinajstić information content (AvgIpc) is 2.55. The van der Waals surface area contributed by atoms with Crippen LogP contribution in [0, 0.1) is 5.92 Å². The number of aliphatic hydroxyl groups is 1. The fourth-order valence-electron chi connectivity index (χ4n) is 1.38. The summed E-state index contributed by atoms with van der Waals surface area (Å²) in [5.41, 5.74) is 0. The Labute approximate surface area is 89.3 Å². The van der Waals surface area contributed by atoms with Crippen molar-refractivity contribution >= 4 is 5.97 Å². The Bertz CT molecular complexity index is 216. The van der Waals surface area contributed by atoms with Gasteiger partial charge in [-0.1, -0.05) is 13.8 Å². The molecular weight excluding hydrogens is 200 g/mol. The summed E-state index contributed by atoms with van der Waals surface area (Å²) in [5, 5.41) is 9.44. The Balaban J connectivity index is 2.27. The van der Waals surface area contributed by atoms with Gasteiger partial charge >= 0.3 is 5.97 Å². The molecule has 0 aromatic rings. The Hall–Kier alpha value is -0.650. The van der Waals surface area contributed by atoms with E-state index in [-0.39, 0.29) is 24.6 Å². The quantitative estimate of drug-likeness (QED) is 0.688. The van der Waals surface area contributed by atoms with Crippen LogP contribution in [-0.4, -0.2) is 43.3 Å². The highest BCUT2D eigenvalue weighted by Crippen LogP contribution is 2.21. The second kappa shape index (κ2) is 5.44. The van der Waals surface area contributed by atoms with Crippen LogP contribution in [0.3, 0.4) is 0 Å². The van der Waals surface area contributed by atoms with Gasteiger partial charge in [0, 0.05) is 13.5 Å². The minimum absolute atomic E-state index is 0.144. The summed E-state index contributed by atoms with van der Waals surface area (Å²) in [4.78, 5) is 11.2. The summed E-state index contributed by atoms with van der Waals surface area (Å²) in [6.45, 7) is 3.71. The molecule has 0 aliphatic carbocycles. The molecule has 5 heteroatoms. The van der Waals surface area contributed by atoms with Crippen molar-refractivity contribution in [2.45, 2.75) is 38.8 Å². The molecule has 0 amide bonds. The van der Waals surface area contributed by atoms with Crippen LogP contribution in [0.2, 0.25) is 0 Å². The number of hydrogen-bond acceptors (Lipinski definition) is 5. The van der Waals surface area contributed by atoms with Crippen LogP contribution < -0.4 is 0 Å². The summed E-state index contributed by atoms with van der Waals surface area (Å²) in [6, 6.07) is 0. The Morgan fingerprint density at radius 1 is 1.60 bits per heavy atom. The number of hydrogen-bond donors (Lipinski definition) is 1. The maximum Gasteiger partial charge on any atom is 0.308 e. The zero-order valence-electron chi connectivity index (χ0n) is 9.30. The van der Waals surface area contributed by atoms with E-state index in [0.29, 0.717) is 6.42 Å². The Morgan fingerprint density at radius 2 is 2.27 bits per heavy atom. The van der Waals surface area contributed by atoms with E-state index >= 15 is 0 Å². The van der Waals surface area contributed by atoms with Gasteiger partial charge in [0.1, 0.15) is 12.7 Å². The molecule has 1 aliphatic rings. The standard InChI is InChI=1S/C10H18O5/c1-6(2)9(12)14-5-7-4-8(11)10(13-3)15-7/h6-8,10-11H,4-5H2,1-3H3/t7-,8+,10-/m0/s1. The van der Waals surface area contributed by atoms with E-state index in [4.69, 9.17) is 14.2 Å². The number of carbonyl (C=O) groups excluding carboxylic acids is 1. The van der Waals surface area contributed by atoms with E-state index in [2.05, 4.69) is 0 Å². The first-order valence-corrected chi connectivity index (χ1v) is 5.07. The molecule has 1 rings (SSSR count). The Morgan fingerprint density at radius 3 is 2.73 bits per heavy atom. The largest absolute Gasteiger partial charge is 0.463 e. The molecule has 15 heavy (non-hydrogen) atoms. The summed E-state index contributed by atoms with van der Waals surface area (Å²) in [5.74, 6) is -0.400. The van der Waals surface area contributed by atoms with Gasteiger partial charge in [0.25, 0.3) is 0 Å². The second-order valence-electron chi connectivity index (χ2n) is 3.95. The lowest BCUT2D eigenvalue weighted by Gasteiger charge is -2.13. The second-order valence-corrected chi connectivity index (χ2v) is 3.95. The smallest absolute Gasteiger partial charge is 0.308 e. The topological polar surface area (TPSA) is 65.0 Å². The average molecular weight is 218 g/mol. The highest BCUT2D eigenvalue weighted by atomic mass is 16.7. The molecule has 0 saturated carbocycles. The van der Waals surface area contributed by atoms with Gasteiger partial charge in [-0.15, -0.1) is 0 Å². The molecule has 1 N–H and O–H groups in total. The first-order valence-electron chi connectivity index (χ1n) is 5.07. The predicted octanol–water partition coefficient (Wildman–Crippen LogP) is 0.308.